The van der Waals surface area contributed by atoms with Gasteiger partial charge in [0, 0.05) is 26.1 Å². The first-order valence-electron chi connectivity index (χ1n) is 10.3. The van der Waals surface area contributed by atoms with Gasteiger partial charge in [-0.1, -0.05) is 39.8 Å². The number of hydrogen-bond acceptors (Lipinski definition) is 5. The lowest BCUT2D eigenvalue weighted by molar-refractivity contribution is -0.134. The predicted octanol–water partition coefficient (Wildman–Crippen LogP) is 4.00. The summed E-state index contributed by atoms with van der Waals surface area (Å²) < 4.78 is 33.2. The molecule has 0 saturated carbocycles. The molecule has 0 unspecified atom stereocenters. The van der Waals surface area contributed by atoms with E-state index < -0.39 is 10.1 Å². The molecule has 2 rings (SSSR count). The molecule has 0 aliphatic carbocycles. The maximum atomic E-state index is 13.1. The van der Waals surface area contributed by atoms with Gasteiger partial charge in [-0.05, 0) is 48.3 Å². The molecule has 2 atom stereocenters. The SMILES string of the molecule is C[C@H](CC(=O)N(Cc1ccc(OS(C)(=O)=O)cc1)C[C@H]1CCCO1)CC(C)(C)C. The fraction of sp³-hybridized carbons (Fsp3) is 0.682. The van der Waals surface area contributed by atoms with Crippen molar-refractivity contribution in [2.75, 3.05) is 19.4 Å². The molecule has 7 heteroatoms. The Morgan fingerprint density at radius 1 is 1.28 bits per heavy atom. The highest BCUT2D eigenvalue weighted by molar-refractivity contribution is 7.86. The van der Waals surface area contributed by atoms with E-state index in [1.807, 2.05) is 4.90 Å². The molecule has 1 aromatic rings. The van der Waals surface area contributed by atoms with E-state index in [-0.39, 0.29) is 23.2 Å². The molecular formula is C22H35NO5S. The smallest absolute Gasteiger partial charge is 0.306 e. The van der Waals surface area contributed by atoms with Crippen molar-refractivity contribution in [3.63, 3.8) is 0 Å². The molecule has 6 nitrogen and oxygen atoms in total. The normalized spacial score (nSPS) is 18.4. The molecule has 29 heavy (non-hydrogen) atoms. The standard InChI is InChI=1S/C22H35NO5S/c1-17(14-22(2,3)4)13-21(24)23(16-20-7-6-12-27-20)15-18-8-10-19(11-9-18)28-29(5,25)26/h8-11,17,20H,6-7,12-16H2,1-5H3/t17-,20-/m1/s1. The Morgan fingerprint density at radius 2 is 1.93 bits per heavy atom. The van der Waals surface area contributed by atoms with E-state index in [1.165, 1.54) is 0 Å². The Balaban J connectivity index is 2.05. The summed E-state index contributed by atoms with van der Waals surface area (Å²) in [5.41, 5.74) is 1.12. The molecule has 1 saturated heterocycles. The van der Waals surface area contributed by atoms with Crippen LogP contribution in [0.25, 0.3) is 0 Å². The maximum absolute atomic E-state index is 13.1. The summed E-state index contributed by atoms with van der Waals surface area (Å²) in [4.78, 5) is 14.9. The summed E-state index contributed by atoms with van der Waals surface area (Å²) >= 11 is 0. The lowest BCUT2D eigenvalue weighted by atomic mass is 9.84. The van der Waals surface area contributed by atoms with E-state index >= 15 is 0 Å². The Bertz CT molecular complexity index is 761. The highest BCUT2D eigenvalue weighted by Gasteiger charge is 2.25. The minimum absolute atomic E-state index is 0.0877. The van der Waals surface area contributed by atoms with Crippen molar-refractivity contribution in [2.24, 2.45) is 11.3 Å². The Kier molecular flexibility index (Phi) is 8.11. The molecule has 0 aromatic heterocycles. The first-order valence-corrected chi connectivity index (χ1v) is 12.1. The van der Waals surface area contributed by atoms with Crippen molar-refractivity contribution < 1.29 is 22.1 Å². The Labute approximate surface area is 175 Å². The van der Waals surface area contributed by atoms with Gasteiger partial charge in [0.05, 0.1) is 12.4 Å². The van der Waals surface area contributed by atoms with E-state index in [9.17, 15) is 13.2 Å². The summed E-state index contributed by atoms with van der Waals surface area (Å²) in [6.45, 7) is 10.5. The molecular weight excluding hydrogens is 390 g/mol. The monoisotopic (exact) mass is 425 g/mol. The van der Waals surface area contributed by atoms with Crippen molar-refractivity contribution in [1.82, 2.24) is 4.90 Å². The van der Waals surface area contributed by atoms with Crippen LogP contribution in [-0.2, 0) is 26.2 Å². The summed E-state index contributed by atoms with van der Waals surface area (Å²) in [7, 11) is -3.55. The van der Waals surface area contributed by atoms with Crippen molar-refractivity contribution in [3.8, 4) is 5.75 Å². The zero-order chi connectivity index (χ0) is 21.7. The van der Waals surface area contributed by atoms with Crippen LogP contribution in [0.15, 0.2) is 24.3 Å². The molecule has 1 aromatic carbocycles. The number of carbonyl (C=O) groups is 1. The molecule has 0 radical (unpaired) electrons. The van der Waals surface area contributed by atoms with Gasteiger partial charge in [0.25, 0.3) is 0 Å². The largest absolute Gasteiger partial charge is 0.383 e. The predicted molar refractivity (Wildman–Crippen MR) is 114 cm³/mol. The van der Waals surface area contributed by atoms with Crippen LogP contribution in [0.3, 0.4) is 0 Å². The molecule has 1 aliphatic heterocycles. The lowest BCUT2D eigenvalue weighted by Gasteiger charge is -2.28. The van der Waals surface area contributed by atoms with E-state index in [1.54, 1.807) is 24.3 Å². The molecule has 0 spiro atoms. The van der Waals surface area contributed by atoms with Crippen LogP contribution in [0.4, 0.5) is 0 Å². The van der Waals surface area contributed by atoms with Crippen LogP contribution < -0.4 is 4.18 Å². The van der Waals surface area contributed by atoms with Crippen molar-refractivity contribution in [1.29, 1.82) is 0 Å². The van der Waals surface area contributed by atoms with Gasteiger partial charge in [0.2, 0.25) is 5.91 Å². The third kappa shape index (κ3) is 9.17. The summed E-state index contributed by atoms with van der Waals surface area (Å²) in [6, 6.07) is 6.84. The summed E-state index contributed by atoms with van der Waals surface area (Å²) in [6.07, 6.45) is 4.61. The van der Waals surface area contributed by atoms with Gasteiger partial charge >= 0.3 is 10.1 Å². The second-order valence-corrected chi connectivity index (χ2v) is 11.0. The number of ether oxygens (including phenoxy) is 1. The summed E-state index contributed by atoms with van der Waals surface area (Å²) in [5, 5.41) is 0. The number of amides is 1. The van der Waals surface area contributed by atoms with Crippen LogP contribution in [0.5, 0.6) is 5.75 Å². The van der Waals surface area contributed by atoms with Crippen LogP contribution in [0.2, 0.25) is 0 Å². The summed E-state index contributed by atoms with van der Waals surface area (Å²) in [5.74, 6) is 0.709. The topological polar surface area (TPSA) is 72.9 Å². The van der Waals surface area contributed by atoms with Crippen molar-refractivity contribution >= 4 is 16.0 Å². The first-order chi connectivity index (χ1) is 13.4. The zero-order valence-electron chi connectivity index (χ0n) is 18.3. The number of carbonyl (C=O) groups excluding carboxylic acids is 1. The molecule has 0 N–H and O–H groups in total. The highest BCUT2D eigenvalue weighted by atomic mass is 32.2. The fourth-order valence-electron chi connectivity index (χ4n) is 3.88. The van der Waals surface area contributed by atoms with E-state index in [2.05, 4.69) is 27.7 Å². The molecule has 1 aliphatic rings. The average molecular weight is 426 g/mol. The average Bonchev–Trinajstić information content (AvgIpc) is 3.05. The van der Waals surface area contributed by atoms with Crippen LogP contribution in [-0.4, -0.2) is 44.7 Å². The van der Waals surface area contributed by atoms with Crippen molar-refractivity contribution in [2.45, 2.75) is 66.0 Å². The van der Waals surface area contributed by atoms with Gasteiger partial charge in [-0.3, -0.25) is 4.79 Å². The minimum atomic E-state index is -3.55. The molecule has 1 heterocycles. The Hall–Kier alpha value is -1.60. The second-order valence-electron chi connectivity index (χ2n) is 9.41. The number of rotatable bonds is 9. The highest BCUT2D eigenvalue weighted by Crippen LogP contribution is 2.27. The molecule has 0 bridgehead atoms. The van der Waals surface area contributed by atoms with Crippen LogP contribution in [0, 0.1) is 11.3 Å². The maximum Gasteiger partial charge on any atom is 0.306 e. The van der Waals surface area contributed by atoms with Gasteiger partial charge < -0.3 is 13.8 Å². The van der Waals surface area contributed by atoms with Crippen LogP contribution in [0.1, 0.15) is 58.9 Å². The van der Waals surface area contributed by atoms with E-state index in [0.29, 0.717) is 25.4 Å². The molecule has 164 valence electrons. The van der Waals surface area contributed by atoms with Gasteiger partial charge in [-0.15, -0.1) is 0 Å². The molecule has 1 fully saturated rings. The van der Waals surface area contributed by atoms with Gasteiger partial charge in [0.15, 0.2) is 0 Å². The third-order valence-electron chi connectivity index (χ3n) is 4.83. The molecule has 1 amide bonds. The van der Waals surface area contributed by atoms with Crippen molar-refractivity contribution in [3.05, 3.63) is 29.8 Å². The minimum Gasteiger partial charge on any atom is -0.383 e. The van der Waals surface area contributed by atoms with E-state index in [0.717, 1.165) is 37.7 Å². The lowest BCUT2D eigenvalue weighted by Crippen LogP contribution is -2.37. The van der Waals surface area contributed by atoms with Crippen LogP contribution >= 0.6 is 0 Å². The number of nitrogens with zero attached hydrogens (tertiary/aromatic N) is 1. The third-order valence-corrected chi connectivity index (χ3v) is 5.32. The number of hydrogen-bond donors (Lipinski definition) is 0. The fourth-order valence-corrected chi connectivity index (χ4v) is 4.34. The second kappa shape index (κ2) is 9.94. The zero-order valence-corrected chi connectivity index (χ0v) is 19.1. The quantitative estimate of drug-likeness (QED) is 0.559. The number of benzene rings is 1. The van der Waals surface area contributed by atoms with E-state index in [4.69, 9.17) is 8.92 Å². The van der Waals surface area contributed by atoms with Gasteiger partial charge in [0.1, 0.15) is 5.75 Å². The Morgan fingerprint density at radius 3 is 2.45 bits per heavy atom. The first kappa shape index (κ1) is 23.7. The van der Waals surface area contributed by atoms with Gasteiger partial charge in [-0.25, -0.2) is 0 Å². The van der Waals surface area contributed by atoms with Gasteiger partial charge in [-0.2, -0.15) is 8.42 Å².